The molecule has 2 aromatic rings. The number of halogens is 2. The number of amides is 1. The third kappa shape index (κ3) is 5.50. The van der Waals surface area contributed by atoms with E-state index in [1.54, 1.807) is 30.3 Å². The molecule has 1 N–H and O–H groups in total. The summed E-state index contributed by atoms with van der Waals surface area (Å²) in [5.74, 6) is -0.138. The van der Waals surface area contributed by atoms with Crippen LogP contribution in [-0.4, -0.2) is 56.3 Å². The van der Waals surface area contributed by atoms with Gasteiger partial charge in [0.2, 0.25) is 15.9 Å². The van der Waals surface area contributed by atoms with Gasteiger partial charge in [0, 0.05) is 49.9 Å². The average molecular weight is 467 g/mol. The number of hydrogen-bond acceptors (Lipinski definition) is 5. The predicted octanol–water partition coefficient (Wildman–Crippen LogP) is 3.20. The van der Waals surface area contributed by atoms with E-state index in [4.69, 9.17) is 28.5 Å². The Morgan fingerprint density at radius 3 is 2.37 bits per heavy atom. The SMILES string of the molecule is N#Cc1ccc(NC(=O)CCN2CCN(S(=O)(=O)c3cc(Cl)ccc3Cl)CC2)cc1. The van der Waals surface area contributed by atoms with Crippen molar-refractivity contribution in [3.8, 4) is 6.07 Å². The highest BCUT2D eigenvalue weighted by Crippen LogP contribution is 2.28. The van der Waals surface area contributed by atoms with E-state index in [1.807, 2.05) is 11.0 Å². The summed E-state index contributed by atoms with van der Waals surface area (Å²) in [6.07, 6.45) is 0.285. The molecule has 0 bridgehead atoms. The Balaban J connectivity index is 1.50. The van der Waals surface area contributed by atoms with Crippen molar-refractivity contribution in [1.29, 1.82) is 5.26 Å². The highest BCUT2D eigenvalue weighted by molar-refractivity contribution is 7.89. The minimum atomic E-state index is -3.73. The zero-order valence-corrected chi connectivity index (χ0v) is 18.3. The van der Waals surface area contributed by atoms with Crippen molar-refractivity contribution >= 4 is 44.8 Å². The van der Waals surface area contributed by atoms with Crippen molar-refractivity contribution < 1.29 is 13.2 Å². The molecule has 1 aliphatic rings. The number of carbonyl (C=O) groups is 1. The Kier molecular flexibility index (Phi) is 7.34. The van der Waals surface area contributed by atoms with Gasteiger partial charge in [-0.3, -0.25) is 4.79 Å². The van der Waals surface area contributed by atoms with Crippen LogP contribution in [0.15, 0.2) is 47.4 Å². The van der Waals surface area contributed by atoms with Gasteiger partial charge in [0.1, 0.15) is 4.90 Å². The maximum atomic E-state index is 12.9. The molecule has 1 aliphatic heterocycles. The number of piperazine rings is 1. The number of carbonyl (C=O) groups excluding carboxylic acids is 1. The fourth-order valence-electron chi connectivity index (χ4n) is 3.12. The molecule has 1 heterocycles. The van der Waals surface area contributed by atoms with Crippen LogP contribution in [0.25, 0.3) is 0 Å². The number of hydrogen-bond donors (Lipinski definition) is 1. The molecule has 0 atom stereocenters. The van der Waals surface area contributed by atoms with E-state index in [1.165, 1.54) is 16.4 Å². The van der Waals surface area contributed by atoms with Gasteiger partial charge >= 0.3 is 0 Å². The third-order valence-electron chi connectivity index (χ3n) is 4.80. The van der Waals surface area contributed by atoms with E-state index in [9.17, 15) is 13.2 Å². The summed E-state index contributed by atoms with van der Waals surface area (Å²) in [5.41, 5.74) is 1.16. The molecule has 1 fully saturated rings. The van der Waals surface area contributed by atoms with Crippen LogP contribution in [0.3, 0.4) is 0 Å². The minimum Gasteiger partial charge on any atom is -0.326 e. The summed E-state index contributed by atoms with van der Waals surface area (Å²) in [4.78, 5) is 14.2. The maximum Gasteiger partial charge on any atom is 0.244 e. The van der Waals surface area contributed by atoms with Gasteiger partial charge in [-0.15, -0.1) is 0 Å². The van der Waals surface area contributed by atoms with Gasteiger partial charge < -0.3 is 10.2 Å². The lowest BCUT2D eigenvalue weighted by molar-refractivity contribution is -0.116. The first-order valence-electron chi connectivity index (χ1n) is 9.27. The zero-order chi connectivity index (χ0) is 21.7. The molecule has 3 rings (SSSR count). The maximum absolute atomic E-state index is 12.9. The Bertz CT molecular complexity index is 1060. The highest BCUT2D eigenvalue weighted by atomic mass is 35.5. The van der Waals surface area contributed by atoms with E-state index in [0.29, 0.717) is 49.0 Å². The Morgan fingerprint density at radius 1 is 1.07 bits per heavy atom. The van der Waals surface area contributed by atoms with E-state index >= 15 is 0 Å². The lowest BCUT2D eigenvalue weighted by Gasteiger charge is -2.34. The van der Waals surface area contributed by atoms with Crippen LogP contribution in [0.5, 0.6) is 0 Å². The second-order valence-electron chi connectivity index (χ2n) is 6.81. The lowest BCUT2D eigenvalue weighted by atomic mass is 10.2. The number of sulfonamides is 1. The lowest BCUT2D eigenvalue weighted by Crippen LogP contribution is -2.49. The molecule has 7 nitrogen and oxygen atoms in total. The molecule has 158 valence electrons. The van der Waals surface area contributed by atoms with Gasteiger partial charge in [0.15, 0.2) is 0 Å². The minimum absolute atomic E-state index is 0.00640. The van der Waals surface area contributed by atoms with Gasteiger partial charge in [0.25, 0.3) is 0 Å². The molecular formula is C20H20Cl2N4O3S. The van der Waals surface area contributed by atoms with Crippen molar-refractivity contribution in [2.45, 2.75) is 11.3 Å². The van der Waals surface area contributed by atoms with Crippen LogP contribution < -0.4 is 5.32 Å². The van der Waals surface area contributed by atoms with Crippen molar-refractivity contribution in [2.75, 3.05) is 38.0 Å². The smallest absolute Gasteiger partial charge is 0.244 e. The first-order valence-corrected chi connectivity index (χ1v) is 11.5. The molecule has 30 heavy (non-hydrogen) atoms. The van der Waals surface area contributed by atoms with Crippen LogP contribution in [0.2, 0.25) is 10.0 Å². The Labute approximate surface area is 185 Å². The van der Waals surface area contributed by atoms with Gasteiger partial charge in [-0.05, 0) is 42.5 Å². The van der Waals surface area contributed by atoms with Gasteiger partial charge in [0.05, 0.1) is 16.7 Å². The Morgan fingerprint density at radius 2 is 1.73 bits per heavy atom. The van der Waals surface area contributed by atoms with Gasteiger partial charge in [-0.1, -0.05) is 23.2 Å². The number of nitrogens with one attached hydrogen (secondary N) is 1. The molecule has 0 spiro atoms. The van der Waals surface area contributed by atoms with Crippen LogP contribution in [0.1, 0.15) is 12.0 Å². The van der Waals surface area contributed by atoms with Crippen molar-refractivity contribution in [2.24, 2.45) is 0 Å². The van der Waals surface area contributed by atoms with Crippen LogP contribution in [0.4, 0.5) is 5.69 Å². The summed E-state index contributed by atoms with van der Waals surface area (Å²) < 4.78 is 27.1. The van der Waals surface area contributed by atoms with E-state index in [-0.39, 0.29) is 22.2 Å². The number of rotatable bonds is 6. The summed E-state index contributed by atoms with van der Waals surface area (Å²) in [6.45, 7) is 2.17. The molecule has 0 aromatic heterocycles. The topological polar surface area (TPSA) is 93.5 Å². The zero-order valence-electron chi connectivity index (χ0n) is 16.0. The first-order chi connectivity index (χ1) is 14.3. The molecule has 0 saturated carbocycles. The normalized spacial score (nSPS) is 15.5. The van der Waals surface area contributed by atoms with Crippen LogP contribution in [0, 0.1) is 11.3 Å². The molecule has 0 radical (unpaired) electrons. The number of anilines is 1. The highest BCUT2D eigenvalue weighted by Gasteiger charge is 2.30. The second-order valence-corrected chi connectivity index (χ2v) is 9.56. The molecule has 0 aliphatic carbocycles. The standard InChI is InChI=1S/C20H20Cl2N4O3S/c21-16-3-6-18(22)19(13-16)30(28,29)26-11-9-25(10-12-26)8-7-20(27)24-17-4-1-15(14-23)2-5-17/h1-6,13H,7-12H2,(H,24,27). The van der Waals surface area contributed by atoms with Crippen LogP contribution >= 0.6 is 23.2 Å². The number of benzene rings is 2. The summed E-state index contributed by atoms with van der Waals surface area (Å²) in [5, 5.41) is 12.0. The monoisotopic (exact) mass is 466 g/mol. The molecule has 1 saturated heterocycles. The third-order valence-corrected chi connectivity index (χ3v) is 7.41. The molecule has 10 heteroatoms. The van der Waals surface area contributed by atoms with Crippen molar-refractivity contribution in [1.82, 2.24) is 9.21 Å². The summed E-state index contributed by atoms with van der Waals surface area (Å²) in [7, 11) is -3.73. The molecule has 2 aromatic carbocycles. The second kappa shape index (κ2) is 9.77. The predicted molar refractivity (Wildman–Crippen MR) is 116 cm³/mol. The molecular weight excluding hydrogens is 447 g/mol. The first kappa shape index (κ1) is 22.5. The van der Waals surface area contributed by atoms with E-state index < -0.39 is 10.0 Å². The fraction of sp³-hybridized carbons (Fsp3) is 0.300. The summed E-state index contributed by atoms with van der Waals surface area (Å²) in [6, 6.07) is 13.0. The largest absolute Gasteiger partial charge is 0.326 e. The van der Waals surface area contributed by atoms with Crippen LogP contribution in [-0.2, 0) is 14.8 Å². The molecule has 1 amide bonds. The van der Waals surface area contributed by atoms with E-state index in [2.05, 4.69) is 5.32 Å². The fourth-order valence-corrected chi connectivity index (χ4v) is 5.28. The van der Waals surface area contributed by atoms with E-state index in [0.717, 1.165) is 0 Å². The number of nitrogens with zero attached hydrogens (tertiary/aromatic N) is 3. The number of nitriles is 1. The van der Waals surface area contributed by atoms with Gasteiger partial charge in [-0.25, -0.2) is 8.42 Å². The van der Waals surface area contributed by atoms with Crippen molar-refractivity contribution in [3.63, 3.8) is 0 Å². The van der Waals surface area contributed by atoms with Gasteiger partial charge in [-0.2, -0.15) is 9.57 Å². The quantitative estimate of drug-likeness (QED) is 0.705. The average Bonchev–Trinajstić information content (AvgIpc) is 2.74. The summed E-state index contributed by atoms with van der Waals surface area (Å²) >= 11 is 12.0. The van der Waals surface area contributed by atoms with Crippen molar-refractivity contribution in [3.05, 3.63) is 58.1 Å². The molecule has 0 unspecified atom stereocenters. The Hall–Kier alpha value is -2.15.